The van der Waals surface area contributed by atoms with Gasteiger partial charge in [0.15, 0.2) is 0 Å². The molecular weight excluding hydrogens is 521 g/mol. The minimum atomic E-state index is -5.24. The Labute approximate surface area is 219 Å². The van der Waals surface area contributed by atoms with Crippen molar-refractivity contribution in [2.45, 2.75) is 75.9 Å². The smallest absolute Gasteiger partial charge is 0.246 e. The van der Waals surface area contributed by atoms with Crippen LogP contribution in [0.25, 0.3) is 0 Å². The molecule has 1 aromatic rings. The molecule has 0 spiro atoms. The fourth-order valence-corrected chi connectivity index (χ4v) is 4.67. The molecule has 0 heterocycles. The summed E-state index contributed by atoms with van der Waals surface area (Å²) in [5.74, 6) is -3.90. The highest BCUT2D eigenvalue weighted by molar-refractivity contribution is 7.43. The number of phosphoric ester groups is 1. The van der Waals surface area contributed by atoms with Gasteiger partial charge in [-0.05, 0) is 30.5 Å². The van der Waals surface area contributed by atoms with Crippen molar-refractivity contribution in [3.8, 4) is 5.75 Å². The second kappa shape index (κ2) is 13.4. The molecule has 2 rings (SSSR count). The van der Waals surface area contributed by atoms with Gasteiger partial charge in [0.05, 0.1) is 6.42 Å². The Kier molecular flexibility index (Phi) is 10.8. The van der Waals surface area contributed by atoms with Crippen molar-refractivity contribution in [2.75, 3.05) is 0 Å². The molecule has 0 aromatic heterocycles. The summed E-state index contributed by atoms with van der Waals surface area (Å²) in [7, 11) is -5.24. The summed E-state index contributed by atoms with van der Waals surface area (Å²) < 4.78 is 15.1. The van der Waals surface area contributed by atoms with E-state index >= 15 is 0 Å². The summed E-state index contributed by atoms with van der Waals surface area (Å²) in [6.07, 6.45) is 2.77. The van der Waals surface area contributed by atoms with E-state index in [4.69, 9.17) is 11.5 Å². The molecule has 0 bridgehead atoms. The van der Waals surface area contributed by atoms with E-state index in [9.17, 15) is 38.3 Å². The van der Waals surface area contributed by atoms with E-state index in [2.05, 4.69) is 20.5 Å². The van der Waals surface area contributed by atoms with Gasteiger partial charge in [0.2, 0.25) is 29.5 Å². The highest BCUT2D eigenvalue weighted by Gasteiger charge is 2.42. The zero-order valence-corrected chi connectivity index (χ0v) is 21.8. The van der Waals surface area contributed by atoms with Gasteiger partial charge in [0.1, 0.15) is 31.2 Å². The third-order valence-corrected chi connectivity index (χ3v) is 6.52. The first-order valence-corrected chi connectivity index (χ1v) is 13.4. The molecule has 38 heavy (non-hydrogen) atoms. The number of amides is 5. The van der Waals surface area contributed by atoms with Crippen molar-refractivity contribution >= 4 is 37.4 Å². The molecule has 0 radical (unpaired) electrons. The number of carbonyl (C=O) groups is 5. The normalized spacial score (nSPS) is 16.7. The van der Waals surface area contributed by atoms with E-state index in [0.717, 1.165) is 12.8 Å². The van der Waals surface area contributed by atoms with Crippen molar-refractivity contribution in [2.24, 2.45) is 11.5 Å². The molecule has 1 fully saturated rings. The number of nitrogens with one attached hydrogen (secondary N) is 3. The number of phosphoric acid groups is 1. The molecule has 0 aliphatic heterocycles. The summed E-state index contributed by atoms with van der Waals surface area (Å²) in [6, 6.07) is 2.80. The van der Waals surface area contributed by atoms with Crippen molar-refractivity contribution < 1.29 is 42.8 Å². The van der Waals surface area contributed by atoms with Crippen molar-refractivity contribution in [1.29, 1.82) is 0 Å². The van der Waals surface area contributed by atoms with E-state index in [1.807, 2.05) is 0 Å². The van der Waals surface area contributed by atoms with Crippen LogP contribution in [0.4, 0.5) is 0 Å². The predicted octanol–water partition coefficient (Wildman–Crippen LogP) is -2.00. The van der Waals surface area contributed by atoms with Crippen LogP contribution in [-0.4, -0.2) is 47.2 Å². The monoisotopic (exact) mass is 553 g/mol. The van der Waals surface area contributed by atoms with E-state index in [1.54, 1.807) is 0 Å². The number of hydrogen-bond acceptors (Lipinski definition) is 9. The van der Waals surface area contributed by atoms with Gasteiger partial charge in [-0.3, -0.25) is 24.0 Å². The van der Waals surface area contributed by atoms with Crippen LogP contribution >= 0.6 is 7.82 Å². The van der Waals surface area contributed by atoms with Gasteiger partial charge < -0.3 is 46.3 Å². The molecule has 1 aliphatic rings. The first-order valence-electron chi connectivity index (χ1n) is 12.0. The third kappa shape index (κ3) is 9.77. The lowest BCUT2D eigenvalue weighted by molar-refractivity contribution is -0.333. The summed E-state index contributed by atoms with van der Waals surface area (Å²) in [6.45, 7) is 1.21. The summed E-state index contributed by atoms with van der Waals surface area (Å²) in [5, 5.41) is 7.73. The van der Waals surface area contributed by atoms with Crippen LogP contribution in [-0.2, 0) is 35.0 Å². The summed E-state index contributed by atoms with van der Waals surface area (Å²) in [4.78, 5) is 83.4. The van der Waals surface area contributed by atoms with E-state index in [-0.39, 0.29) is 25.0 Å². The van der Waals surface area contributed by atoms with Gasteiger partial charge in [-0.1, -0.05) is 37.8 Å². The second-order valence-electron chi connectivity index (χ2n) is 9.22. The van der Waals surface area contributed by atoms with Gasteiger partial charge in [-0.15, -0.1) is 0 Å². The fraction of sp³-hybridized carbons (Fsp3) is 0.522. The Balaban J connectivity index is 2.27. The zero-order valence-electron chi connectivity index (χ0n) is 20.9. The van der Waals surface area contributed by atoms with Gasteiger partial charge in [-0.25, -0.2) is 0 Å². The number of rotatable bonds is 12. The van der Waals surface area contributed by atoms with Crippen LogP contribution < -0.4 is 41.7 Å². The molecule has 2 atom stereocenters. The van der Waals surface area contributed by atoms with Crippen LogP contribution in [0.3, 0.4) is 0 Å². The van der Waals surface area contributed by atoms with E-state index < -0.39 is 61.4 Å². The van der Waals surface area contributed by atoms with Gasteiger partial charge in [0.25, 0.3) is 0 Å². The highest BCUT2D eigenvalue weighted by atomic mass is 31.2. The number of carbonyl (C=O) groups excluding carboxylic acids is 5. The van der Waals surface area contributed by atoms with Crippen LogP contribution in [0.15, 0.2) is 24.3 Å². The molecule has 1 aliphatic carbocycles. The van der Waals surface area contributed by atoms with Crippen molar-refractivity contribution in [3.63, 3.8) is 0 Å². The fourth-order valence-electron chi connectivity index (χ4n) is 4.29. The summed E-state index contributed by atoms with van der Waals surface area (Å²) >= 11 is 0. The lowest BCUT2D eigenvalue weighted by atomic mass is 9.87. The Hall–Kier alpha value is -3.48. The SMILES string of the molecule is CC(=O)N[C@@H](Cc1ccc(OP(=O)([O-])[O-])cc1)C(=O)NC1(C(=O)N[C@@H](CC(N)=O)C(N)=O)CCCCCC1. The third-order valence-electron chi connectivity index (χ3n) is 6.08. The van der Waals surface area contributed by atoms with Gasteiger partial charge >= 0.3 is 0 Å². The van der Waals surface area contributed by atoms with Crippen LogP contribution in [0.1, 0.15) is 57.4 Å². The molecular formula is C23H32N5O9P-2. The topological polar surface area (TPSA) is 246 Å². The maximum Gasteiger partial charge on any atom is 0.246 e. The molecule has 0 unspecified atom stereocenters. The number of hydrogen-bond donors (Lipinski definition) is 5. The van der Waals surface area contributed by atoms with Crippen molar-refractivity contribution in [1.82, 2.24) is 16.0 Å². The molecule has 15 heteroatoms. The number of nitrogens with two attached hydrogens (primary N) is 2. The highest BCUT2D eigenvalue weighted by Crippen LogP contribution is 2.30. The van der Waals surface area contributed by atoms with Gasteiger partial charge in [-0.2, -0.15) is 0 Å². The minimum absolute atomic E-state index is 0.0403. The zero-order chi connectivity index (χ0) is 28.5. The largest absolute Gasteiger partial charge is 0.780 e. The molecule has 14 nitrogen and oxygen atoms in total. The van der Waals surface area contributed by atoms with Gasteiger partial charge in [0, 0.05) is 13.3 Å². The minimum Gasteiger partial charge on any atom is -0.780 e. The quantitative estimate of drug-likeness (QED) is 0.142. The standard InChI is InChI=1S/C23H34N5O9P/c1-14(29)26-18(12-15-6-8-16(9-7-15)37-38(34,35)36)21(32)28-23(10-4-2-3-5-11-23)22(33)27-17(20(25)31)13-19(24)30/h6-9,17-18H,2-5,10-13H2,1H3,(H2,24,30)(H2,25,31)(H,26,29)(H,27,33)(H,28,32)(H2,34,35,36)/p-2/t17-,18-/m0/s1. The Bertz CT molecular complexity index is 1080. The molecule has 0 saturated heterocycles. The molecule has 7 N–H and O–H groups in total. The lowest BCUT2D eigenvalue weighted by Crippen LogP contribution is -2.64. The first-order chi connectivity index (χ1) is 17.7. The molecule has 1 aromatic carbocycles. The second-order valence-corrected chi connectivity index (χ2v) is 10.3. The van der Waals surface area contributed by atoms with E-state index in [1.165, 1.54) is 31.2 Å². The first kappa shape index (κ1) is 30.7. The predicted molar refractivity (Wildman–Crippen MR) is 129 cm³/mol. The maximum absolute atomic E-state index is 13.4. The van der Waals surface area contributed by atoms with Crippen LogP contribution in [0.2, 0.25) is 0 Å². The van der Waals surface area contributed by atoms with Crippen LogP contribution in [0, 0.1) is 0 Å². The molecule has 1 saturated carbocycles. The Morgan fingerprint density at radius 1 is 0.974 bits per heavy atom. The Morgan fingerprint density at radius 2 is 1.55 bits per heavy atom. The average molecular weight is 554 g/mol. The molecule has 5 amide bonds. The number of primary amides is 2. The summed E-state index contributed by atoms with van der Waals surface area (Å²) in [5.41, 5.74) is 9.54. The maximum atomic E-state index is 13.4. The van der Waals surface area contributed by atoms with Crippen LogP contribution in [0.5, 0.6) is 5.75 Å². The average Bonchev–Trinajstić information content (AvgIpc) is 3.04. The lowest BCUT2D eigenvalue weighted by Gasteiger charge is -2.35. The number of benzene rings is 1. The van der Waals surface area contributed by atoms with E-state index in [0.29, 0.717) is 18.4 Å². The Morgan fingerprint density at radius 3 is 2.03 bits per heavy atom. The van der Waals surface area contributed by atoms with Crippen molar-refractivity contribution in [3.05, 3.63) is 29.8 Å². The molecule has 210 valence electrons.